The van der Waals surface area contributed by atoms with E-state index in [1.165, 1.54) is 0 Å². The quantitative estimate of drug-likeness (QED) is 0.303. The summed E-state index contributed by atoms with van der Waals surface area (Å²) in [5.41, 5.74) is 5.29. The van der Waals surface area contributed by atoms with Crippen molar-refractivity contribution in [1.82, 2.24) is 14.8 Å². The van der Waals surface area contributed by atoms with Crippen LogP contribution in [-0.2, 0) is 6.54 Å². The lowest BCUT2D eigenvalue weighted by atomic mass is 10.6. The molecule has 1 aromatic rings. The monoisotopic (exact) mass is 201 g/mol. The molecule has 1 rings (SSSR count). The SMILES string of the molecule is CSCCn1cnc(C(N)=NO)n1. The molecule has 0 aliphatic carbocycles. The normalized spacial score (nSPS) is 11.9. The second kappa shape index (κ2) is 4.70. The van der Waals surface area contributed by atoms with Gasteiger partial charge < -0.3 is 10.9 Å². The van der Waals surface area contributed by atoms with Gasteiger partial charge in [0.1, 0.15) is 6.33 Å². The molecule has 0 aromatic carbocycles. The van der Waals surface area contributed by atoms with Crippen LogP contribution < -0.4 is 5.73 Å². The maximum atomic E-state index is 8.34. The standard InChI is InChI=1S/C6H11N5OS/c1-13-3-2-11-4-8-6(9-11)5(7)10-12/h4,12H,2-3H2,1H3,(H2,7,10). The molecule has 0 saturated heterocycles. The maximum absolute atomic E-state index is 8.34. The van der Waals surface area contributed by atoms with Crippen molar-refractivity contribution in [2.75, 3.05) is 12.0 Å². The number of hydrogen-bond acceptors (Lipinski definition) is 5. The van der Waals surface area contributed by atoms with E-state index >= 15 is 0 Å². The number of thioether (sulfide) groups is 1. The molecule has 72 valence electrons. The van der Waals surface area contributed by atoms with Crippen LogP contribution in [0.2, 0.25) is 0 Å². The lowest BCUT2D eigenvalue weighted by Gasteiger charge is -1.95. The summed E-state index contributed by atoms with van der Waals surface area (Å²) < 4.78 is 1.66. The Morgan fingerprint density at radius 3 is 3.23 bits per heavy atom. The molecule has 13 heavy (non-hydrogen) atoms. The molecule has 1 aromatic heterocycles. The van der Waals surface area contributed by atoms with Gasteiger partial charge in [-0.25, -0.2) is 4.98 Å². The van der Waals surface area contributed by atoms with Crippen molar-refractivity contribution in [2.24, 2.45) is 10.9 Å². The van der Waals surface area contributed by atoms with Gasteiger partial charge in [-0.15, -0.1) is 5.10 Å². The highest BCUT2D eigenvalue weighted by atomic mass is 32.2. The van der Waals surface area contributed by atoms with Gasteiger partial charge in [0.15, 0.2) is 0 Å². The molecular weight excluding hydrogens is 190 g/mol. The van der Waals surface area contributed by atoms with Crippen molar-refractivity contribution in [3.8, 4) is 0 Å². The highest BCUT2D eigenvalue weighted by Gasteiger charge is 2.04. The van der Waals surface area contributed by atoms with Crippen LogP contribution in [0.15, 0.2) is 11.5 Å². The second-order valence-electron chi connectivity index (χ2n) is 2.31. The third-order valence-corrected chi connectivity index (χ3v) is 1.99. The van der Waals surface area contributed by atoms with Crippen LogP contribution in [0.5, 0.6) is 0 Å². The predicted molar refractivity (Wildman–Crippen MR) is 50.9 cm³/mol. The van der Waals surface area contributed by atoms with E-state index in [1.807, 2.05) is 6.26 Å². The van der Waals surface area contributed by atoms with Crippen LogP contribution in [0.4, 0.5) is 0 Å². The molecule has 0 aliphatic heterocycles. The Morgan fingerprint density at radius 1 is 1.85 bits per heavy atom. The summed E-state index contributed by atoms with van der Waals surface area (Å²) in [5, 5.41) is 15.1. The van der Waals surface area contributed by atoms with Gasteiger partial charge in [0.05, 0.1) is 6.54 Å². The summed E-state index contributed by atoms with van der Waals surface area (Å²) >= 11 is 1.72. The molecule has 0 radical (unpaired) electrons. The Bertz CT molecular complexity index is 297. The van der Waals surface area contributed by atoms with Gasteiger partial charge >= 0.3 is 0 Å². The van der Waals surface area contributed by atoms with Gasteiger partial charge in [0.2, 0.25) is 11.7 Å². The Kier molecular flexibility index (Phi) is 3.56. The number of nitrogens with two attached hydrogens (primary N) is 1. The summed E-state index contributed by atoms with van der Waals surface area (Å²) in [6.07, 6.45) is 3.57. The number of amidine groups is 1. The van der Waals surface area contributed by atoms with Crippen molar-refractivity contribution in [2.45, 2.75) is 6.54 Å². The topological polar surface area (TPSA) is 89.3 Å². The van der Waals surface area contributed by atoms with Crippen LogP contribution in [0.25, 0.3) is 0 Å². The van der Waals surface area contributed by atoms with Gasteiger partial charge in [-0.1, -0.05) is 5.16 Å². The second-order valence-corrected chi connectivity index (χ2v) is 3.29. The van der Waals surface area contributed by atoms with E-state index < -0.39 is 0 Å². The average Bonchev–Trinajstić information content (AvgIpc) is 2.62. The smallest absolute Gasteiger partial charge is 0.219 e. The zero-order valence-corrected chi connectivity index (χ0v) is 8.03. The summed E-state index contributed by atoms with van der Waals surface area (Å²) in [7, 11) is 0. The molecule has 0 bridgehead atoms. The average molecular weight is 201 g/mol. The summed E-state index contributed by atoms with van der Waals surface area (Å²) in [5.74, 6) is 1.14. The molecule has 0 atom stereocenters. The number of nitrogens with zero attached hydrogens (tertiary/aromatic N) is 4. The zero-order chi connectivity index (χ0) is 9.68. The van der Waals surface area contributed by atoms with Gasteiger partial charge in [0, 0.05) is 5.75 Å². The van der Waals surface area contributed by atoms with E-state index in [9.17, 15) is 0 Å². The first kappa shape index (κ1) is 9.85. The van der Waals surface area contributed by atoms with Crippen molar-refractivity contribution in [1.29, 1.82) is 0 Å². The number of aromatic nitrogens is 3. The highest BCUT2D eigenvalue weighted by Crippen LogP contribution is 1.95. The molecule has 0 aliphatic rings. The zero-order valence-electron chi connectivity index (χ0n) is 7.21. The molecule has 0 fully saturated rings. The lowest BCUT2D eigenvalue weighted by Crippen LogP contribution is -2.15. The molecule has 6 nitrogen and oxygen atoms in total. The number of hydrogen-bond donors (Lipinski definition) is 2. The third-order valence-electron chi connectivity index (χ3n) is 1.40. The summed E-state index contributed by atoms with van der Waals surface area (Å²) in [6, 6.07) is 0. The molecule has 0 unspecified atom stereocenters. The van der Waals surface area contributed by atoms with Crippen molar-refractivity contribution < 1.29 is 5.21 Å². The van der Waals surface area contributed by atoms with Gasteiger partial charge in [-0.3, -0.25) is 4.68 Å². The van der Waals surface area contributed by atoms with Crippen LogP contribution in [0, 0.1) is 0 Å². The molecule has 7 heteroatoms. The minimum Gasteiger partial charge on any atom is -0.409 e. The fourth-order valence-electron chi connectivity index (χ4n) is 0.749. The fraction of sp³-hybridized carbons (Fsp3) is 0.500. The van der Waals surface area contributed by atoms with E-state index in [0.29, 0.717) is 0 Å². The first-order valence-corrected chi connectivity index (χ1v) is 5.03. The molecule has 0 saturated carbocycles. The molecule has 0 spiro atoms. The molecular formula is C6H11N5OS. The molecule has 3 N–H and O–H groups in total. The van der Waals surface area contributed by atoms with Crippen molar-refractivity contribution in [3.63, 3.8) is 0 Å². The van der Waals surface area contributed by atoms with Crippen LogP contribution in [0.1, 0.15) is 5.82 Å². The lowest BCUT2D eigenvalue weighted by molar-refractivity contribution is 0.318. The number of rotatable bonds is 4. The summed E-state index contributed by atoms with van der Waals surface area (Å²) in [4.78, 5) is 3.87. The first-order chi connectivity index (χ1) is 6.27. The van der Waals surface area contributed by atoms with E-state index in [-0.39, 0.29) is 11.7 Å². The third kappa shape index (κ3) is 2.62. The maximum Gasteiger partial charge on any atom is 0.219 e. The minimum absolute atomic E-state index is 0.0668. The minimum atomic E-state index is -0.0668. The van der Waals surface area contributed by atoms with Gasteiger partial charge in [-0.05, 0) is 6.26 Å². The highest BCUT2D eigenvalue weighted by molar-refractivity contribution is 7.98. The Morgan fingerprint density at radius 2 is 2.62 bits per heavy atom. The Balaban J connectivity index is 2.64. The first-order valence-electron chi connectivity index (χ1n) is 3.64. The van der Waals surface area contributed by atoms with Crippen LogP contribution in [-0.4, -0.2) is 37.8 Å². The van der Waals surface area contributed by atoms with Gasteiger partial charge in [0.25, 0.3) is 0 Å². The van der Waals surface area contributed by atoms with E-state index in [4.69, 9.17) is 10.9 Å². The van der Waals surface area contributed by atoms with Crippen LogP contribution >= 0.6 is 11.8 Å². The Hall–Kier alpha value is -1.24. The van der Waals surface area contributed by atoms with Crippen molar-refractivity contribution in [3.05, 3.63) is 12.2 Å². The van der Waals surface area contributed by atoms with E-state index in [1.54, 1.807) is 22.8 Å². The number of aryl methyl sites for hydroxylation is 1. The molecule has 0 amide bonds. The van der Waals surface area contributed by atoms with Crippen molar-refractivity contribution >= 4 is 17.6 Å². The Labute approximate surface area is 79.8 Å². The van der Waals surface area contributed by atoms with Gasteiger partial charge in [-0.2, -0.15) is 11.8 Å². The van der Waals surface area contributed by atoms with Crippen LogP contribution in [0.3, 0.4) is 0 Å². The fourth-order valence-corrected chi connectivity index (χ4v) is 1.12. The number of oxime groups is 1. The predicted octanol–water partition coefficient (Wildman–Crippen LogP) is -0.264. The molecule has 1 heterocycles. The largest absolute Gasteiger partial charge is 0.409 e. The summed E-state index contributed by atoms with van der Waals surface area (Å²) in [6.45, 7) is 0.771. The van der Waals surface area contributed by atoms with E-state index in [0.717, 1.165) is 12.3 Å². The van der Waals surface area contributed by atoms with E-state index in [2.05, 4.69) is 15.2 Å².